The third-order valence-corrected chi connectivity index (χ3v) is 12.9. The summed E-state index contributed by atoms with van der Waals surface area (Å²) in [6.07, 6.45) is 11.0. The van der Waals surface area contributed by atoms with Crippen LogP contribution in [0.5, 0.6) is 0 Å². The molecule has 3 atom stereocenters. The number of rotatable bonds is 10. The van der Waals surface area contributed by atoms with E-state index in [2.05, 4.69) is 59.0 Å². The van der Waals surface area contributed by atoms with Crippen LogP contribution in [0.15, 0.2) is 82.7 Å². The summed E-state index contributed by atoms with van der Waals surface area (Å²) in [6, 6.07) is 22.1. The first-order valence-electron chi connectivity index (χ1n) is 16.6. The molecule has 2 aliphatic heterocycles. The second-order valence-corrected chi connectivity index (χ2v) is 15.7. The standard InChI is InChI=1S/C37H49N3O2S/c1-4-9-30-10-8-13-36(30)37(3,31-11-6-5-7-12-31)32-19-22-39(23-20-32)25-29-26-40(27-29)33-14-16-34(17-15-33)43(41,42)35-18-21-38-28(2)24-35/h5-7,11-12,14-18,21,24,29-30,32,36H,4,8-10,13,19-20,22-23,25-27H2,1-3H3/t30-,36-,37?/m0/s1. The average Bonchev–Trinajstić information content (AvgIpc) is 3.48. The van der Waals surface area contributed by atoms with Crippen LogP contribution >= 0.6 is 0 Å². The van der Waals surface area contributed by atoms with E-state index >= 15 is 0 Å². The Balaban J connectivity index is 1.04. The zero-order valence-corrected chi connectivity index (χ0v) is 27.1. The van der Waals surface area contributed by atoms with Crippen molar-refractivity contribution in [2.75, 3.05) is 37.6 Å². The minimum absolute atomic E-state index is 0.271. The van der Waals surface area contributed by atoms with Gasteiger partial charge in [-0.2, -0.15) is 0 Å². The smallest absolute Gasteiger partial charge is 0.206 e. The Morgan fingerprint density at radius 1 is 0.907 bits per heavy atom. The number of nitrogens with zero attached hydrogens (tertiary/aromatic N) is 3. The van der Waals surface area contributed by atoms with E-state index in [1.54, 1.807) is 36.0 Å². The third kappa shape index (κ3) is 6.15. The fourth-order valence-electron chi connectivity index (χ4n) is 8.73. The SMILES string of the molecule is CCC[C@H]1CCC[C@@H]1C(C)(c1ccccc1)C1CCN(CC2CN(c3ccc(S(=O)(=O)c4ccnc(C)c4)cc3)C2)CC1. The zero-order chi connectivity index (χ0) is 30.0. The summed E-state index contributed by atoms with van der Waals surface area (Å²) in [5.74, 6) is 3.10. The zero-order valence-electron chi connectivity index (χ0n) is 26.3. The van der Waals surface area contributed by atoms with Crippen LogP contribution in [0.1, 0.15) is 70.1 Å². The van der Waals surface area contributed by atoms with Gasteiger partial charge in [0.25, 0.3) is 0 Å². The minimum atomic E-state index is -3.53. The summed E-state index contributed by atoms with van der Waals surface area (Å²) in [5, 5.41) is 0. The molecule has 2 aromatic carbocycles. The van der Waals surface area contributed by atoms with Crippen molar-refractivity contribution in [3.05, 3.63) is 84.2 Å². The lowest BCUT2D eigenvalue weighted by Gasteiger charge is -2.50. The molecule has 5 nitrogen and oxygen atoms in total. The van der Waals surface area contributed by atoms with Gasteiger partial charge in [-0.05, 0) is 104 Å². The Morgan fingerprint density at radius 2 is 1.63 bits per heavy atom. The Bertz CT molecular complexity index is 1460. The minimum Gasteiger partial charge on any atom is -0.371 e. The highest BCUT2D eigenvalue weighted by atomic mass is 32.2. The predicted octanol–water partition coefficient (Wildman–Crippen LogP) is 7.55. The van der Waals surface area contributed by atoms with Gasteiger partial charge in [-0.3, -0.25) is 4.98 Å². The second kappa shape index (κ2) is 12.7. The maximum absolute atomic E-state index is 13.1. The van der Waals surface area contributed by atoms with Crippen LogP contribution < -0.4 is 4.90 Å². The van der Waals surface area contributed by atoms with Gasteiger partial charge in [0.1, 0.15) is 0 Å². The van der Waals surface area contributed by atoms with E-state index in [0.29, 0.717) is 21.4 Å². The largest absolute Gasteiger partial charge is 0.371 e. The number of benzene rings is 2. The summed E-state index contributed by atoms with van der Waals surface area (Å²) >= 11 is 0. The second-order valence-electron chi connectivity index (χ2n) is 13.7. The highest BCUT2D eigenvalue weighted by Gasteiger charge is 2.48. The molecule has 6 rings (SSSR count). The van der Waals surface area contributed by atoms with Crippen molar-refractivity contribution in [2.24, 2.45) is 23.7 Å². The lowest BCUT2D eigenvalue weighted by molar-refractivity contribution is 0.0701. The number of sulfone groups is 1. The van der Waals surface area contributed by atoms with Gasteiger partial charge in [-0.1, -0.05) is 69.9 Å². The van der Waals surface area contributed by atoms with Gasteiger partial charge in [0.15, 0.2) is 0 Å². The number of pyridine rings is 1. The maximum atomic E-state index is 13.1. The first-order valence-corrected chi connectivity index (χ1v) is 18.1. The first-order chi connectivity index (χ1) is 20.8. The molecule has 230 valence electrons. The van der Waals surface area contributed by atoms with Crippen LogP contribution in [0.25, 0.3) is 0 Å². The van der Waals surface area contributed by atoms with Crippen molar-refractivity contribution in [2.45, 2.75) is 80.9 Å². The van der Waals surface area contributed by atoms with E-state index in [4.69, 9.17) is 0 Å². The molecule has 0 bridgehead atoms. The molecule has 3 fully saturated rings. The molecular formula is C37H49N3O2S. The fourth-order valence-corrected chi connectivity index (χ4v) is 10.1. The topological polar surface area (TPSA) is 53.5 Å². The molecule has 1 aromatic heterocycles. The molecule has 0 amide bonds. The van der Waals surface area contributed by atoms with Crippen molar-refractivity contribution < 1.29 is 8.42 Å². The van der Waals surface area contributed by atoms with Gasteiger partial charge >= 0.3 is 0 Å². The highest BCUT2D eigenvalue weighted by Crippen LogP contribution is 2.53. The molecule has 0 spiro atoms. The predicted molar refractivity (Wildman–Crippen MR) is 175 cm³/mol. The van der Waals surface area contributed by atoms with Crippen LogP contribution in [-0.4, -0.2) is 51.0 Å². The normalized spacial score (nSPS) is 23.7. The van der Waals surface area contributed by atoms with Crippen molar-refractivity contribution >= 4 is 15.5 Å². The van der Waals surface area contributed by atoms with Crippen LogP contribution in [0, 0.1) is 30.6 Å². The number of likely N-dealkylation sites (tertiary alicyclic amines) is 1. The van der Waals surface area contributed by atoms with Gasteiger partial charge in [0.2, 0.25) is 9.84 Å². The van der Waals surface area contributed by atoms with Gasteiger partial charge in [0, 0.05) is 43.1 Å². The van der Waals surface area contributed by atoms with Gasteiger partial charge in [0.05, 0.1) is 9.79 Å². The number of piperidine rings is 1. The van der Waals surface area contributed by atoms with Crippen LogP contribution in [-0.2, 0) is 15.3 Å². The van der Waals surface area contributed by atoms with E-state index in [1.807, 2.05) is 19.1 Å². The summed E-state index contributed by atoms with van der Waals surface area (Å²) in [4.78, 5) is 9.86. The summed E-state index contributed by atoms with van der Waals surface area (Å²) in [5.41, 5.74) is 3.66. The molecular weight excluding hydrogens is 550 g/mol. The molecule has 1 aliphatic carbocycles. The summed E-state index contributed by atoms with van der Waals surface area (Å²) in [7, 11) is -3.53. The molecule has 1 unspecified atom stereocenters. The molecule has 6 heteroatoms. The highest BCUT2D eigenvalue weighted by molar-refractivity contribution is 7.91. The van der Waals surface area contributed by atoms with Crippen molar-refractivity contribution in [1.82, 2.24) is 9.88 Å². The lowest BCUT2D eigenvalue weighted by atomic mass is 9.58. The van der Waals surface area contributed by atoms with E-state index in [-0.39, 0.29) is 5.41 Å². The average molecular weight is 600 g/mol. The molecule has 43 heavy (non-hydrogen) atoms. The maximum Gasteiger partial charge on any atom is 0.206 e. The van der Waals surface area contributed by atoms with Crippen LogP contribution in [0.4, 0.5) is 5.69 Å². The van der Waals surface area contributed by atoms with E-state index in [0.717, 1.165) is 36.5 Å². The number of hydrogen-bond donors (Lipinski definition) is 0. The van der Waals surface area contributed by atoms with E-state index in [9.17, 15) is 8.42 Å². The van der Waals surface area contributed by atoms with Crippen LogP contribution in [0.3, 0.4) is 0 Å². The van der Waals surface area contributed by atoms with Crippen molar-refractivity contribution in [3.8, 4) is 0 Å². The van der Waals surface area contributed by atoms with Gasteiger partial charge in [-0.15, -0.1) is 0 Å². The van der Waals surface area contributed by atoms with Gasteiger partial charge in [-0.25, -0.2) is 8.42 Å². The van der Waals surface area contributed by atoms with Crippen molar-refractivity contribution in [3.63, 3.8) is 0 Å². The summed E-state index contributed by atoms with van der Waals surface area (Å²) < 4.78 is 26.1. The number of aromatic nitrogens is 1. The number of aryl methyl sites for hydroxylation is 1. The quantitative estimate of drug-likeness (QED) is 0.241. The Kier molecular flexibility index (Phi) is 8.98. The number of hydrogen-bond acceptors (Lipinski definition) is 5. The Hall–Kier alpha value is -2.70. The Morgan fingerprint density at radius 3 is 2.30 bits per heavy atom. The molecule has 3 aromatic rings. The molecule has 0 radical (unpaired) electrons. The molecule has 2 saturated heterocycles. The molecule has 0 N–H and O–H groups in total. The Labute approximate surface area is 259 Å². The molecule has 1 saturated carbocycles. The first kappa shape index (κ1) is 30.3. The van der Waals surface area contributed by atoms with Gasteiger partial charge < -0.3 is 9.80 Å². The lowest BCUT2D eigenvalue weighted by Crippen LogP contribution is -2.53. The number of anilines is 1. The van der Waals surface area contributed by atoms with Crippen LogP contribution in [0.2, 0.25) is 0 Å². The fraction of sp³-hybridized carbons (Fsp3) is 0.541. The van der Waals surface area contributed by atoms with Crippen molar-refractivity contribution in [1.29, 1.82) is 0 Å². The monoisotopic (exact) mass is 599 g/mol. The third-order valence-electron chi connectivity index (χ3n) is 11.1. The molecule has 3 aliphatic rings. The van der Waals surface area contributed by atoms with E-state index < -0.39 is 9.84 Å². The molecule has 3 heterocycles. The van der Waals surface area contributed by atoms with E-state index in [1.165, 1.54) is 64.6 Å². The summed E-state index contributed by atoms with van der Waals surface area (Å²) in [6.45, 7) is 12.5.